The lowest BCUT2D eigenvalue weighted by molar-refractivity contribution is 0.584. The van der Waals surface area contributed by atoms with Gasteiger partial charge in [0, 0.05) is 20.9 Å². The number of hydrogen-bond donors (Lipinski definition) is 0. The van der Waals surface area contributed by atoms with Crippen LogP contribution in [0.2, 0.25) is 15.1 Å². The van der Waals surface area contributed by atoms with E-state index < -0.39 is 0 Å². The van der Waals surface area contributed by atoms with Gasteiger partial charge in [-0.2, -0.15) is 0 Å². The van der Waals surface area contributed by atoms with Gasteiger partial charge in [0.25, 0.3) is 0 Å². The molecule has 20 heavy (non-hydrogen) atoms. The largest absolute Gasteiger partial charge is 0.126 e. The molecule has 0 amide bonds. The standard InChI is InChI=1S/C16H14Cl4/c17-10-12(7-11-3-1-4-13(18)8-11)9-14-15(19)5-2-6-16(14)20/h1-6,8,12H,7,9-10H2. The van der Waals surface area contributed by atoms with Crippen LogP contribution in [0.3, 0.4) is 0 Å². The van der Waals surface area contributed by atoms with E-state index in [0.29, 0.717) is 15.9 Å². The Labute approximate surface area is 139 Å². The van der Waals surface area contributed by atoms with E-state index in [1.165, 1.54) is 5.56 Å². The van der Waals surface area contributed by atoms with E-state index >= 15 is 0 Å². The Morgan fingerprint density at radius 3 is 2.10 bits per heavy atom. The summed E-state index contributed by atoms with van der Waals surface area (Å²) in [7, 11) is 0. The molecule has 0 saturated heterocycles. The van der Waals surface area contributed by atoms with E-state index in [4.69, 9.17) is 46.4 Å². The highest BCUT2D eigenvalue weighted by molar-refractivity contribution is 6.36. The average Bonchev–Trinajstić information content (AvgIpc) is 2.42. The Bertz CT molecular complexity index is 560. The molecule has 0 fully saturated rings. The maximum Gasteiger partial charge on any atom is 0.0452 e. The van der Waals surface area contributed by atoms with Gasteiger partial charge >= 0.3 is 0 Å². The molecule has 2 aromatic carbocycles. The highest BCUT2D eigenvalue weighted by Gasteiger charge is 2.14. The molecule has 4 heteroatoms. The van der Waals surface area contributed by atoms with Crippen LogP contribution >= 0.6 is 46.4 Å². The van der Waals surface area contributed by atoms with Crippen LogP contribution in [-0.4, -0.2) is 5.88 Å². The van der Waals surface area contributed by atoms with Crippen LogP contribution in [0.4, 0.5) is 0 Å². The molecular weight excluding hydrogens is 334 g/mol. The Balaban J connectivity index is 2.13. The monoisotopic (exact) mass is 346 g/mol. The van der Waals surface area contributed by atoms with Crippen molar-refractivity contribution in [2.24, 2.45) is 5.92 Å². The fraction of sp³-hybridized carbons (Fsp3) is 0.250. The summed E-state index contributed by atoms with van der Waals surface area (Å²) in [5.41, 5.74) is 2.13. The van der Waals surface area contributed by atoms with Crippen molar-refractivity contribution < 1.29 is 0 Å². The van der Waals surface area contributed by atoms with Gasteiger partial charge in [-0.15, -0.1) is 11.6 Å². The van der Waals surface area contributed by atoms with E-state index in [1.807, 2.05) is 36.4 Å². The summed E-state index contributed by atoms with van der Waals surface area (Å²) in [5.74, 6) is 0.821. The minimum Gasteiger partial charge on any atom is -0.126 e. The van der Waals surface area contributed by atoms with Crippen LogP contribution < -0.4 is 0 Å². The zero-order valence-electron chi connectivity index (χ0n) is 10.8. The van der Waals surface area contributed by atoms with Gasteiger partial charge in [0.15, 0.2) is 0 Å². The van der Waals surface area contributed by atoms with E-state index in [-0.39, 0.29) is 5.92 Å². The molecule has 0 N–H and O–H groups in total. The smallest absolute Gasteiger partial charge is 0.0452 e. The molecule has 0 aromatic heterocycles. The molecule has 0 heterocycles. The van der Waals surface area contributed by atoms with Gasteiger partial charge in [0.05, 0.1) is 0 Å². The first-order valence-corrected chi connectivity index (χ1v) is 8.00. The Hall–Kier alpha value is -0.400. The molecule has 106 valence electrons. The summed E-state index contributed by atoms with van der Waals surface area (Å²) >= 11 is 24.5. The molecule has 2 aromatic rings. The van der Waals surface area contributed by atoms with Gasteiger partial charge in [-0.25, -0.2) is 0 Å². The van der Waals surface area contributed by atoms with Crippen molar-refractivity contribution in [2.45, 2.75) is 12.8 Å². The van der Waals surface area contributed by atoms with Crippen molar-refractivity contribution in [3.63, 3.8) is 0 Å². The first-order valence-electron chi connectivity index (χ1n) is 6.33. The zero-order valence-corrected chi connectivity index (χ0v) is 13.8. The first-order chi connectivity index (χ1) is 9.60. The topological polar surface area (TPSA) is 0 Å². The first kappa shape index (κ1) is 16.0. The second-order valence-corrected chi connectivity index (χ2v) is 6.32. The van der Waals surface area contributed by atoms with Crippen molar-refractivity contribution >= 4 is 46.4 Å². The van der Waals surface area contributed by atoms with Crippen LogP contribution in [-0.2, 0) is 12.8 Å². The number of rotatable bonds is 5. The predicted octanol–water partition coefficient (Wildman–Crippen LogP) is 6.29. The van der Waals surface area contributed by atoms with Crippen LogP contribution in [0.1, 0.15) is 11.1 Å². The quantitative estimate of drug-likeness (QED) is 0.557. The van der Waals surface area contributed by atoms with Gasteiger partial charge in [-0.3, -0.25) is 0 Å². The third kappa shape index (κ3) is 4.30. The van der Waals surface area contributed by atoms with E-state index in [1.54, 1.807) is 0 Å². The van der Waals surface area contributed by atoms with Crippen LogP contribution in [0, 0.1) is 5.92 Å². The van der Waals surface area contributed by atoms with Gasteiger partial charge in [-0.1, -0.05) is 53.0 Å². The van der Waals surface area contributed by atoms with Crippen molar-refractivity contribution in [2.75, 3.05) is 5.88 Å². The molecule has 1 unspecified atom stereocenters. The molecule has 0 aliphatic heterocycles. The Morgan fingerprint density at radius 1 is 0.850 bits per heavy atom. The lowest BCUT2D eigenvalue weighted by Crippen LogP contribution is -2.11. The number of halogens is 4. The molecule has 0 aliphatic carbocycles. The summed E-state index contributed by atoms with van der Waals surface area (Å²) in [6.07, 6.45) is 1.61. The Morgan fingerprint density at radius 2 is 1.50 bits per heavy atom. The fourth-order valence-corrected chi connectivity index (χ4v) is 3.18. The van der Waals surface area contributed by atoms with Gasteiger partial charge in [0.1, 0.15) is 0 Å². The van der Waals surface area contributed by atoms with Crippen molar-refractivity contribution in [3.8, 4) is 0 Å². The zero-order chi connectivity index (χ0) is 14.5. The van der Waals surface area contributed by atoms with Gasteiger partial charge < -0.3 is 0 Å². The van der Waals surface area contributed by atoms with Crippen LogP contribution in [0.25, 0.3) is 0 Å². The molecule has 0 aliphatic rings. The second-order valence-electron chi connectivity index (χ2n) is 4.76. The summed E-state index contributed by atoms with van der Waals surface area (Å²) in [6, 6.07) is 13.4. The molecule has 0 radical (unpaired) electrons. The second kappa shape index (κ2) is 7.56. The highest BCUT2D eigenvalue weighted by atomic mass is 35.5. The van der Waals surface area contributed by atoms with Gasteiger partial charge in [0.2, 0.25) is 0 Å². The van der Waals surface area contributed by atoms with Crippen molar-refractivity contribution in [3.05, 3.63) is 68.7 Å². The lowest BCUT2D eigenvalue weighted by Gasteiger charge is -2.16. The van der Waals surface area contributed by atoms with Crippen molar-refractivity contribution in [1.29, 1.82) is 0 Å². The maximum atomic E-state index is 6.21. The predicted molar refractivity (Wildman–Crippen MR) is 89.5 cm³/mol. The van der Waals surface area contributed by atoms with Crippen LogP contribution in [0.5, 0.6) is 0 Å². The third-order valence-corrected chi connectivity index (χ3v) is 4.57. The summed E-state index contributed by atoms with van der Waals surface area (Å²) in [4.78, 5) is 0. The molecule has 1 atom stereocenters. The van der Waals surface area contributed by atoms with Crippen LogP contribution in [0.15, 0.2) is 42.5 Å². The lowest BCUT2D eigenvalue weighted by atomic mass is 9.94. The molecule has 0 saturated carbocycles. The highest BCUT2D eigenvalue weighted by Crippen LogP contribution is 2.28. The van der Waals surface area contributed by atoms with E-state index in [2.05, 4.69) is 6.07 Å². The number of alkyl halides is 1. The van der Waals surface area contributed by atoms with Crippen molar-refractivity contribution in [1.82, 2.24) is 0 Å². The molecule has 2 rings (SSSR count). The molecular formula is C16H14Cl4. The molecule has 0 nitrogen and oxygen atoms in total. The number of hydrogen-bond acceptors (Lipinski definition) is 0. The summed E-state index contributed by atoms with van der Waals surface area (Å²) in [5, 5.41) is 2.13. The summed E-state index contributed by atoms with van der Waals surface area (Å²) < 4.78 is 0. The normalized spacial score (nSPS) is 12.4. The number of benzene rings is 2. The van der Waals surface area contributed by atoms with Gasteiger partial charge in [-0.05, 0) is 54.2 Å². The Kier molecular flexibility index (Phi) is 6.04. The molecule has 0 spiro atoms. The van der Waals surface area contributed by atoms with E-state index in [9.17, 15) is 0 Å². The SMILES string of the molecule is ClCC(Cc1cccc(Cl)c1)Cc1c(Cl)cccc1Cl. The fourth-order valence-electron chi connectivity index (χ4n) is 2.19. The molecule has 0 bridgehead atoms. The van der Waals surface area contributed by atoms with E-state index in [0.717, 1.165) is 23.4 Å². The minimum atomic E-state index is 0.271. The third-order valence-electron chi connectivity index (χ3n) is 3.19. The minimum absolute atomic E-state index is 0.271. The summed E-state index contributed by atoms with van der Waals surface area (Å²) in [6.45, 7) is 0. The average molecular weight is 348 g/mol. The maximum absolute atomic E-state index is 6.21.